The second-order valence-corrected chi connectivity index (χ2v) is 6.27. The van der Waals surface area contributed by atoms with Crippen molar-refractivity contribution in [3.05, 3.63) is 0 Å². The summed E-state index contributed by atoms with van der Waals surface area (Å²) < 4.78 is 43.8. The smallest absolute Gasteiger partial charge is 0.410 e. The van der Waals surface area contributed by atoms with E-state index < -0.39 is 42.4 Å². The van der Waals surface area contributed by atoms with Crippen LogP contribution in [0.1, 0.15) is 27.7 Å². The van der Waals surface area contributed by atoms with E-state index in [1.54, 1.807) is 20.8 Å². The highest BCUT2D eigenvalue weighted by molar-refractivity contribution is 5.68. The number of carbonyl (C=O) groups excluding carboxylic acids is 1. The van der Waals surface area contributed by atoms with E-state index in [1.165, 1.54) is 6.92 Å². The first-order valence-electron chi connectivity index (χ1n) is 6.04. The van der Waals surface area contributed by atoms with Crippen LogP contribution in [-0.4, -0.2) is 47.6 Å². The van der Waals surface area contributed by atoms with Gasteiger partial charge >= 0.3 is 12.3 Å². The highest BCUT2D eigenvalue weighted by atomic mass is 19.4. The van der Waals surface area contributed by atoms with E-state index in [4.69, 9.17) is 4.74 Å². The van der Waals surface area contributed by atoms with Gasteiger partial charge in [0.15, 0.2) is 0 Å². The molecule has 0 unspecified atom stereocenters. The van der Waals surface area contributed by atoms with Crippen LogP contribution in [0, 0.1) is 11.3 Å². The number of likely N-dealkylation sites (tertiary alicyclic amines) is 1. The van der Waals surface area contributed by atoms with Crippen molar-refractivity contribution in [3.8, 4) is 0 Å². The molecule has 0 bridgehead atoms. The Morgan fingerprint density at radius 3 is 2.26 bits per heavy atom. The van der Waals surface area contributed by atoms with Gasteiger partial charge in [-0.2, -0.15) is 13.2 Å². The van der Waals surface area contributed by atoms with Crippen LogP contribution in [0.2, 0.25) is 0 Å². The Kier molecular flexibility index (Phi) is 4.10. The highest BCUT2D eigenvalue weighted by Gasteiger charge is 2.57. The molecule has 1 N–H and O–H groups in total. The predicted molar refractivity (Wildman–Crippen MR) is 62.5 cm³/mol. The number of ether oxygens (including phenoxy) is 1. The van der Waals surface area contributed by atoms with Gasteiger partial charge in [-0.3, -0.25) is 0 Å². The lowest BCUT2D eigenvalue weighted by molar-refractivity contribution is -0.197. The molecule has 112 valence electrons. The third kappa shape index (κ3) is 3.75. The van der Waals surface area contributed by atoms with Crippen molar-refractivity contribution in [3.63, 3.8) is 0 Å². The Hall–Kier alpha value is -0.980. The molecule has 2 atom stereocenters. The molecule has 4 nitrogen and oxygen atoms in total. The van der Waals surface area contributed by atoms with Gasteiger partial charge in [0.05, 0.1) is 12.5 Å². The highest BCUT2D eigenvalue weighted by Crippen LogP contribution is 2.45. The van der Waals surface area contributed by atoms with Crippen LogP contribution in [0.15, 0.2) is 0 Å². The van der Waals surface area contributed by atoms with Crippen LogP contribution in [-0.2, 0) is 4.74 Å². The number of halogens is 3. The zero-order valence-electron chi connectivity index (χ0n) is 11.5. The first-order valence-corrected chi connectivity index (χ1v) is 6.04. The maximum absolute atomic E-state index is 12.9. The molecule has 7 heteroatoms. The first-order chi connectivity index (χ1) is 8.39. The number of hydrogen-bond acceptors (Lipinski definition) is 3. The molecule has 1 rings (SSSR count). The van der Waals surface area contributed by atoms with Crippen molar-refractivity contribution in [1.82, 2.24) is 4.90 Å². The molecular weight excluding hydrogens is 263 g/mol. The summed E-state index contributed by atoms with van der Waals surface area (Å²) in [5.74, 6) is -1.74. The third-order valence-electron chi connectivity index (χ3n) is 3.20. The topological polar surface area (TPSA) is 49.8 Å². The maximum Gasteiger partial charge on any atom is 0.410 e. The summed E-state index contributed by atoms with van der Waals surface area (Å²) in [4.78, 5) is 12.8. The fourth-order valence-corrected chi connectivity index (χ4v) is 2.18. The Bertz CT molecular complexity index is 351. The Morgan fingerprint density at radius 1 is 1.42 bits per heavy atom. The molecule has 0 aromatic rings. The number of aliphatic hydroxyl groups excluding tert-OH is 1. The number of amides is 1. The summed E-state index contributed by atoms with van der Waals surface area (Å²) in [7, 11) is 0. The molecule has 0 radical (unpaired) electrons. The van der Waals surface area contributed by atoms with Gasteiger partial charge in [0.1, 0.15) is 5.60 Å². The van der Waals surface area contributed by atoms with Crippen LogP contribution in [0.5, 0.6) is 0 Å². The van der Waals surface area contributed by atoms with Crippen molar-refractivity contribution in [2.45, 2.75) is 39.5 Å². The summed E-state index contributed by atoms with van der Waals surface area (Å²) in [5, 5.41) is 9.21. The molecule has 1 aliphatic rings. The Morgan fingerprint density at radius 2 is 1.95 bits per heavy atom. The van der Waals surface area contributed by atoms with Gasteiger partial charge in [-0.25, -0.2) is 4.79 Å². The molecule has 0 saturated carbocycles. The van der Waals surface area contributed by atoms with Crippen LogP contribution in [0.4, 0.5) is 18.0 Å². The number of nitrogens with zero attached hydrogens (tertiary/aromatic N) is 1. The van der Waals surface area contributed by atoms with Gasteiger partial charge in [-0.05, 0) is 20.8 Å². The number of aliphatic hydroxyl groups is 1. The van der Waals surface area contributed by atoms with E-state index in [1.807, 2.05) is 0 Å². The minimum absolute atomic E-state index is 0.164. The van der Waals surface area contributed by atoms with E-state index in [2.05, 4.69) is 0 Å². The lowest BCUT2D eigenvalue weighted by Crippen LogP contribution is -2.39. The SMILES string of the molecule is CC(C)(C)OC(=O)N1C[C@@H](C(F)(F)F)[C@@](C)(CO)C1. The first kappa shape index (κ1) is 16.1. The molecular formula is C12H20F3NO3. The normalized spacial score (nSPS) is 28.6. The molecule has 1 amide bonds. The number of rotatable bonds is 1. The fourth-order valence-electron chi connectivity index (χ4n) is 2.18. The summed E-state index contributed by atoms with van der Waals surface area (Å²) >= 11 is 0. The van der Waals surface area contributed by atoms with Crippen LogP contribution in [0.3, 0.4) is 0 Å². The van der Waals surface area contributed by atoms with Crippen molar-refractivity contribution in [1.29, 1.82) is 0 Å². The molecule has 0 aliphatic carbocycles. The van der Waals surface area contributed by atoms with E-state index in [9.17, 15) is 23.1 Å². The Balaban J connectivity index is 2.85. The fraction of sp³-hybridized carbons (Fsp3) is 0.917. The Labute approximate surface area is 110 Å². The average Bonchev–Trinajstić information content (AvgIpc) is 2.54. The second kappa shape index (κ2) is 4.85. The third-order valence-corrected chi connectivity index (χ3v) is 3.20. The van der Waals surface area contributed by atoms with Gasteiger partial charge < -0.3 is 14.7 Å². The quantitative estimate of drug-likeness (QED) is 0.804. The van der Waals surface area contributed by atoms with Crippen LogP contribution >= 0.6 is 0 Å². The van der Waals surface area contributed by atoms with Crippen molar-refractivity contribution in [2.75, 3.05) is 19.7 Å². The largest absolute Gasteiger partial charge is 0.444 e. The minimum atomic E-state index is -4.45. The van der Waals surface area contributed by atoms with Gasteiger partial charge in [0, 0.05) is 18.5 Å². The number of alkyl halides is 3. The number of hydrogen-bond donors (Lipinski definition) is 1. The summed E-state index contributed by atoms with van der Waals surface area (Å²) in [5.41, 5.74) is -2.14. The van der Waals surface area contributed by atoms with Crippen molar-refractivity contribution < 1.29 is 27.8 Å². The molecule has 0 aromatic carbocycles. The van der Waals surface area contributed by atoms with Crippen molar-refractivity contribution >= 4 is 6.09 Å². The lowest BCUT2D eigenvalue weighted by Gasteiger charge is -2.29. The zero-order chi connectivity index (χ0) is 15.1. The summed E-state index contributed by atoms with van der Waals surface area (Å²) in [6.07, 6.45) is -5.23. The lowest BCUT2D eigenvalue weighted by atomic mass is 9.80. The van der Waals surface area contributed by atoms with E-state index in [0.717, 1.165) is 4.90 Å². The summed E-state index contributed by atoms with van der Waals surface area (Å²) in [6, 6.07) is 0. The van der Waals surface area contributed by atoms with Gasteiger partial charge in [0.25, 0.3) is 0 Å². The van der Waals surface area contributed by atoms with Gasteiger partial charge in [-0.15, -0.1) is 0 Å². The zero-order valence-corrected chi connectivity index (χ0v) is 11.5. The molecule has 0 spiro atoms. The molecule has 19 heavy (non-hydrogen) atoms. The second-order valence-electron chi connectivity index (χ2n) is 6.27. The standard InChI is InChI=1S/C12H20F3NO3/c1-10(2,3)19-9(18)16-5-8(12(13,14)15)11(4,6-16)7-17/h8,17H,5-7H2,1-4H3/t8-,11-/m1/s1. The molecule has 1 heterocycles. The molecule has 1 saturated heterocycles. The van der Waals surface area contributed by atoms with Crippen LogP contribution < -0.4 is 0 Å². The number of carbonyl (C=O) groups is 1. The average molecular weight is 283 g/mol. The van der Waals surface area contributed by atoms with Crippen LogP contribution in [0.25, 0.3) is 0 Å². The molecule has 0 aromatic heterocycles. The van der Waals surface area contributed by atoms with Crippen molar-refractivity contribution in [2.24, 2.45) is 11.3 Å². The van der Waals surface area contributed by atoms with Gasteiger partial charge in [0.2, 0.25) is 0 Å². The summed E-state index contributed by atoms with van der Waals surface area (Å²) in [6.45, 7) is 5.00. The molecule has 1 fully saturated rings. The van der Waals surface area contributed by atoms with E-state index in [0.29, 0.717) is 0 Å². The predicted octanol–water partition coefficient (Wildman–Crippen LogP) is 2.41. The minimum Gasteiger partial charge on any atom is -0.444 e. The maximum atomic E-state index is 12.9. The monoisotopic (exact) mass is 283 g/mol. The van der Waals surface area contributed by atoms with Gasteiger partial charge in [-0.1, -0.05) is 6.92 Å². The van der Waals surface area contributed by atoms with E-state index in [-0.39, 0.29) is 6.54 Å². The van der Waals surface area contributed by atoms with E-state index >= 15 is 0 Å². The molecule has 1 aliphatic heterocycles.